The molecular formula is C16H24N4O3. The minimum absolute atomic E-state index is 0.148. The lowest BCUT2D eigenvalue weighted by Crippen LogP contribution is -2.44. The molecule has 0 saturated heterocycles. The highest BCUT2D eigenvalue weighted by molar-refractivity contribution is 5.89. The van der Waals surface area contributed by atoms with E-state index in [-0.39, 0.29) is 24.8 Å². The second kappa shape index (κ2) is 13.0. The summed E-state index contributed by atoms with van der Waals surface area (Å²) in [5.41, 5.74) is 5.80. The zero-order valence-electron chi connectivity index (χ0n) is 13.8. The number of nitrogens with zero attached hydrogens (tertiary/aromatic N) is 2. The summed E-state index contributed by atoms with van der Waals surface area (Å²) in [4.78, 5) is 28.6. The predicted octanol–water partition coefficient (Wildman–Crippen LogP) is 1.03. The number of ether oxygens (including phenoxy) is 1. The van der Waals surface area contributed by atoms with Crippen LogP contribution < -0.4 is 11.1 Å². The molecule has 7 heteroatoms. The van der Waals surface area contributed by atoms with E-state index in [2.05, 4.69) is 26.9 Å². The van der Waals surface area contributed by atoms with Gasteiger partial charge in [0.05, 0.1) is 13.7 Å². The first kappa shape index (κ1) is 20.2. The molecule has 0 spiro atoms. The molecule has 0 radical (unpaired) electrons. The van der Waals surface area contributed by atoms with E-state index in [1.807, 2.05) is 19.9 Å². The lowest BCUT2D eigenvalue weighted by Gasteiger charge is -2.21. The van der Waals surface area contributed by atoms with Crippen molar-refractivity contribution in [3.63, 3.8) is 0 Å². The van der Waals surface area contributed by atoms with Crippen molar-refractivity contribution in [1.82, 2.24) is 10.2 Å². The topological polar surface area (TPSA) is 97.0 Å². The third kappa shape index (κ3) is 10.6. The number of nitrogens with one attached hydrogen (secondary N) is 1. The Balaban J connectivity index is 4.58. The van der Waals surface area contributed by atoms with Gasteiger partial charge in [0.2, 0.25) is 5.91 Å². The number of nitrogens with two attached hydrogens (primary N) is 1. The quantitative estimate of drug-likeness (QED) is 0.416. The van der Waals surface area contributed by atoms with Crippen LogP contribution in [0.1, 0.15) is 20.3 Å². The van der Waals surface area contributed by atoms with Crippen LogP contribution in [0.15, 0.2) is 29.4 Å². The standard InChI is InChI=1S/C16H24N4O3/c1-4-6-7-8-9-10-18-14(17)13-20(11-5-2)15(21)12-19-16(22)23-3/h4,6,9-10H,5,11-13H2,1-3H3,(H2,17,18)(H,19,22)/b6-4+,10-9+. The number of allylic oxidation sites excluding steroid dienone is 3. The van der Waals surface area contributed by atoms with Crippen LogP contribution in [-0.4, -0.2) is 49.5 Å². The van der Waals surface area contributed by atoms with Crippen molar-refractivity contribution in [3.05, 3.63) is 24.4 Å². The van der Waals surface area contributed by atoms with Gasteiger partial charge in [0, 0.05) is 18.8 Å². The molecule has 0 bridgehead atoms. The van der Waals surface area contributed by atoms with E-state index in [1.165, 1.54) is 18.2 Å². The highest BCUT2D eigenvalue weighted by atomic mass is 16.5. The Morgan fingerprint density at radius 3 is 2.65 bits per heavy atom. The van der Waals surface area contributed by atoms with Crippen molar-refractivity contribution in [2.45, 2.75) is 20.3 Å². The summed E-state index contributed by atoms with van der Waals surface area (Å²) < 4.78 is 4.42. The number of carbonyl (C=O) groups excluding carboxylic acids is 2. The van der Waals surface area contributed by atoms with Crippen molar-refractivity contribution in [2.75, 3.05) is 26.7 Å². The normalized spacial score (nSPS) is 11.2. The monoisotopic (exact) mass is 320 g/mol. The molecule has 0 fully saturated rings. The van der Waals surface area contributed by atoms with Gasteiger partial charge in [0.25, 0.3) is 0 Å². The van der Waals surface area contributed by atoms with E-state index in [0.717, 1.165) is 6.42 Å². The highest BCUT2D eigenvalue weighted by Gasteiger charge is 2.14. The second-order valence-electron chi connectivity index (χ2n) is 4.39. The van der Waals surface area contributed by atoms with E-state index >= 15 is 0 Å². The molecule has 23 heavy (non-hydrogen) atoms. The molecule has 0 heterocycles. The van der Waals surface area contributed by atoms with Crippen molar-refractivity contribution >= 4 is 17.8 Å². The number of amidine groups is 1. The van der Waals surface area contributed by atoms with Crippen molar-refractivity contribution in [2.24, 2.45) is 10.7 Å². The SMILES string of the molecule is C/C=C/C#C/C=C/N=C(\N)CN(CCC)C(=O)CNC(=O)OC. The molecule has 0 unspecified atom stereocenters. The van der Waals surface area contributed by atoms with E-state index in [0.29, 0.717) is 6.54 Å². The maximum atomic E-state index is 12.0. The molecule has 7 nitrogen and oxygen atoms in total. The van der Waals surface area contributed by atoms with Crippen molar-refractivity contribution in [3.8, 4) is 11.8 Å². The molecule has 3 N–H and O–H groups in total. The zero-order chi connectivity index (χ0) is 17.5. The van der Waals surface area contributed by atoms with Gasteiger partial charge >= 0.3 is 6.09 Å². The second-order valence-corrected chi connectivity index (χ2v) is 4.39. The van der Waals surface area contributed by atoms with Crippen LogP contribution in [0.2, 0.25) is 0 Å². The number of amides is 2. The van der Waals surface area contributed by atoms with Crippen LogP contribution in [0.3, 0.4) is 0 Å². The van der Waals surface area contributed by atoms with Gasteiger partial charge in [0.1, 0.15) is 12.4 Å². The molecule has 0 saturated carbocycles. The molecule has 126 valence electrons. The van der Waals surface area contributed by atoms with Crippen molar-refractivity contribution < 1.29 is 14.3 Å². The van der Waals surface area contributed by atoms with Crippen LogP contribution in [0, 0.1) is 11.8 Å². The highest BCUT2D eigenvalue weighted by Crippen LogP contribution is 1.93. The summed E-state index contributed by atoms with van der Waals surface area (Å²) in [7, 11) is 1.24. The summed E-state index contributed by atoms with van der Waals surface area (Å²) in [6, 6.07) is 0. The maximum absolute atomic E-state index is 12.0. The third-order valence-electron chi connectivity index (χ3n) is 2.50. The number of hydrogen-bond donors (Lipinski definition) is 2. The number of carbonyl (C=O) groups is 2. The Kier molecular flexibility index (Phi) is 11.4. The lowest BCUT2D eigenvalue weighted by molar-refractivity contribution is -0.129. The Hall–Kier alpha value is -2.75. The average molecular weight is 320 g/mol. The number of hydrogen-bond acceptors (Lipinski definition) is 4. The smallest absolute Gasteiger partial charge is 0.407 e. The maximum Gasteiger partial charge on any atom is 0.407 e. The summed E-state index contributed by atoms with van der Waals surface area (Å²) in [5, 5.41) is 2.34. The number of aliphatic imine (C=N–C) groups is 1. The molecule has 0 aromatic carbocycles. The Morgan fingerprint density at radius 1 is 1.35 bits per heavy atom. The number of methoxy groups -OCH3 is 1. The molecule has 0 aliphatic heterocycles. The Labute approximate surface area is 137 Å². The van der Waals surface area contributed by atoms with Crippen LogP contribution in [-0.2, 0) is 9.53 Å². The van der Waals surface area contributed by atoms with Crippen molar-refractivity contribution in [1.29, 1.82) is 0 Å². The number of rotatable bonds is 7. The summed E-state index contributed by atoms with van der Waals surface area (Å²) >= 11 is 0. The van der Waals surface area contributed by atoms with Crippen LogP contribution >= 0.6 is 0 Å². The first-order valence-corrected chi connectivity index (χ1v) is 7.24. The van der Waals surface area contributed by atoms with Gasteiger partial charge in [-0.1, -0.05) is 24.8 Å². The van der Waals surface area contributed by atoms with E-state index < -0.39 is 6.09 Å². The minimum Gasteiger partial charge on any atom is -0.453 e. The fraction of sp³-hybridized carbons (Fsp3) is 0.438. The van der Waals surface area contributed by atoms with Gasteiger partial charge in [-0.05, 0) is 19.4 Å². The van der Waals surface area contributed by atoms with E-state index in [1.54, 1.807) is 12.2 Å². The van der Waals surface area contributed by atoms with Gasteiger partial charge in [0.15, 0.2) is 0 Å². The predicted molar refractivity (Wildman–Crippen MR) is 90.6 cm³/mol. The molecule has 0 aliphatic carbocycles. The minimum atomic E-state index is -0.654. The zero-order valence-corrected chi connectivity index (χ0v) is 13.8. The van der Waals surface area contributed by atoms with Gasteiger partial charge < -0.3 is 20.7 Å². The summed E-state index contributed by atoms with van der Waals surface area (Å²) in [6.45, 7) is 4.37. The molecular weight excluding hydrogens is 296 g/mol. The first-order chi connectivity index (χ1) is 11.0. The third-order valence-corrected chi connectivity index (χ3v) is 2.50. The summed E-state index contributed by atoms with van der Waals surface area (Å²) in [6.07, 6.45) is 6.70. The molecule has 0 atom stereocenters. The van der Waals surface area contributed by atoms with Gasteiger partial charge in [-0.2, -0.15) is 0 Å². The molecule has 0 rings (SSSR count). The summed E-state index contributed by atoms with van der Waals surface area (Å²) in [5.74, 6) is 5.57. The fourth-order valence-electron chi connectivity index (χ4n) is 1.48. The molecule has 2 amide bonds. The van der Waals surface area contributed by atoms with Gasteiger partial charge in [-0.3, -0.25) is 4.79 Å². The van der Waals surface area contributed by atoms with Crippen LogP contribution in [0.25, 0.3) is 0 Å². The first-order valence-electron chi connectivity index (χ1n) is 7.24. The number of alkyl carbamates (subject to hydrolysis) is 1. The molecule has 0 aromatic heterocycles. The Bertz CT molecular complexity index is 527. The van der Waals surface area contributed by atoms with Crippen LogP contribution in [0.4, 0.5) is 4.79 Å². The van der Waals surface area contributed by atoms with E-state index in [4.69, 9.17) is 5.73 Å². The van der Waals surface area contributed by atoms with Crippen LogP contribution in [0.5, 0.6) is 0 Å². The molecule has 0 aliphatic rings. The Morgan fingerprint density at radius 2 is 2.04 bits per heavy atom. The molecule has 0 aromatic rings. The fourth-order valence-corrected chi connectivity index (χ4v) is 1.48. The van der Waals surface area contributed by atoms with Gasteiger partial charge in [-0.25, -0.2) is 9.79 Å². The lowest BCUT2D eigenvalue weighted by atomic mass is 10.3. The van der Waals surface area contributed by atoms with Gasteiger partial charge in [-0.15, -0.1) is 0 Å². The average Bonchev–Trinajstić information content (AvgIpc) is 2.55. The van der Waals surface area contributed by atoms with E-state index in [9.17, 15) is 9.59 Å². The largest absolute Gasteiger partial charge is 0.453 e.